The zero-order chi connectivity index (χ0) is 13.4. The van der Waals surface area contributed by atoms with Crippen LogP contribution in [-0.2, 0) is 12.4 Å². The molecular weight excluding hydrogens is 265 g/mol. The number of para-hydroxylation sites is 1. The van der Waals surface area contributed by atoms with Crippen LogP contribution >= 0.6 is 11.6 Å². The summed E-state index contributed by atoms with van der Waals surface area (Å²) in [5.74, 6) is 1.39. The zero-order valence-corrected chi connectivity index (χ0v) is 11.7. The molecule has 102 valence electrons. The zero-order valence-electron chi connectivity index (χ0n) is 10.9. The molecule has 0 amide bonds. The monoisotopic (exact) mass is 281 g/mol. The van der Waals surface area contributed by atoms with Gasteiger partial charge in [0, 0.05) is 13.1 Å². The van der Waals surface area contributed by atoms with Crippen molar-refractivity contribution in [3.05, 3.63) is 29.8 Å². The molecule has 1 aromatic carbocycles. The molecule has 0 saturated carbocycles. The summed E-state index contributed by atoms with van der Waals surface area (Å²) in [4.78, 5) is 6.66. The number of hydrogen-bond acceptors (Lipinski definition) is 2. The standard InChI is InChI=1S/C14H17ClFN3/c1-18-6-5-10(8-18)9-19-12-4-2-3-11(16)14(12)17-13(19)7-15/h2-4,10H,5-9H2,1H3. The van der Waals surface area contributed by atoms with Gasteiger partial charge in [-0.2, -0.15) is 0 Å². The maximum absolute atomic E-state index is 13.8. The van der Waals surface area contributed by atoms with Gasteiger partial charge in [-0.25, -0.2) is 9.37 Å². The van der Waals surface area contributed by atoms with Crippen molar-refractivity contribution in [2.75, 3.05) is 20.1 Å². The molecule has 3 nitrogen and oxygen atoms in total. The highest BCUT2D eigenvalue weighted by molar-refractivity contribution is 6.16. The average molecular weight is 282 g/mol. The Kier molecular flexibility index (Phi) is 3.46. The number of benzene rings is 1. The van der Waals surface area contributed by atoms with E-state index in [4.69, 9.17) is 11.6 Å². The highest BCUT2D eigenvalue weighted by atomic mass is 35.5. The van der Waals surface area contributed by atoms with E-state index in [0.717, 1.165) is 31.0 Å². The Bertz CT molecular complexity index is 596. The molecule has 0 bridgehead atoms. The number of hydrogen-bond donors (Lipinski definition) is 0. The predicted molar refractivity (Wildman–Crippen MR) is 74.9 cm³/mol. The minimum Gasteiger partial charge on any atom is -0.327 e. The Balaban J connectivity index is 1.99. The van der Waals surface area contributed by atoms with Gasteiger partial charge in [0.05, 0.1) is 11.4 Å². The van der Waals surface area contributed by atoms with Gasteiger partial charge in [0.2, 0.25) is 0 Å². The normalized spacial score (nSPS) is 20.5. The van der Waals surface area contributed by atoms with Crippen LogP contribution in [0.1, 0.15) is 12.2 Å². The lowest BCUT2D eigenvalue weighted by atomic mass is 10.1. The van der Waals surface area contributed by atoms with E-state index in [-0.39, 0.29) is 5.82 Å². The summed E-state index contributed by atoms with van der Waals surface area (Å²) in [7, 11) is 2.13. The van der Waals surface area contributed by atoms with Crippen molar-refractivity contribution in [1.82, 2.24) is 14.5 Å². The first-order valence-corrected chi connectivity index (χ1v) is 7.10. The van der Waals surface area contributed by atoms with E-state index in [1.54, 1.807) is 6.07 Å². The summed E-state index contributed by atoms with van der Waals surface area (Å²) < 4.78 is 15.8. The van der Waals surface area contributed by atoms with Crippen molar-refractivity contribution in [1.29, 1.82) is 0 Å². The number of likely N-dealkylation sites (tertiary alicyclic amines) is 1. The van der Waals surface area contributed by atoms with Crippen LogP contribution in [0.15, 0.2) is 18.2 Å². The molecule has 1 atom stereocenters. The molecule has 1 aliphatic rings. The van der Waals surface area contributed by atoms with Gasteiger partial charge in [-0.3, -0.25) is 0 Å². The van der Waals surface area contributed by atoms with E-state index in [1.165, 1.54) is 12.5 Å². The number of fused-ring (bicyclic) bond motifs is 1. The Hall–Kier alpha value is -1.13. The van der Waals surface area contributed by atoms with Crippen LogP contribution in [0, 0.1) is 11.7 Å². The Morgan fingerprint density at radius 3 is 3.00 bits per heavy atom. The van der Waals surface area contributed by atoms with Gasteiger partial charge in [0.1, 0.15) is 11.3 Å². The molecule has 0 N–H and O–H groups in total. The van der Waals surface area contributed by atoms with Crippen molar-refractivity contribution in [2.45, 2.75) is 18.8 Å². The van der Waals surface area contributed by atoms with Gasteiger partial charge in [-0.15, -0.1) is 11.6 Å². The molecule has 1 unspecified atom stereocenters. The lowest BCUT2D eigenvalue weighted by Crippen LogP contribution is -2.18. The van der Waals surface area contributed by atoms with Gasteiger partial charge in [-0.1, -0.05) is 6.07 Å². The second-order valence-corrected chi connectivity index (χ2v) is 5.56. The van der Waals surface area contributed by atoms with Crippen LogP contribution in [0.3, 0.4) is 0 Å². The van der Waals surface area contributed by atoms with E-state index in [1.807, 2.05) is 6.07 Å². The molecule has 1 aromatic heterocycles. The fourth-order valence-corrected chi connectivity index (χ4v) is 3.10. The van der Waals surface area contributed by atoms with E-state index in [2.05, 4.69) is 21.5 Å². The summed E-state index contributed by atoms with van der Waals surface area (Å²) >= 11 is 5.95. The van der Waals surface area contributed by atoms with E-state index < -0.39 is 0 Å². The SMILES string of the molecule is CN1CCC(Cn2c(CCl)nc3c(F)cccc32)C1. The van der Waals surface area contributed by atoms with Gasteiger partial charge < -0.3 is 9.47 Å². The third kappa shape index (κ3) is 2.35. The Morgan fingerprint density at radius 2 is 2.32 bits per heavy atom. The van der Waals surface area contributed by atoms with E-state index >= 15 is 0 Å². The number of aromatic nitrogens is 2. The fourth-order valence-electron chi connectivity index (χ4n) is 2.90. The highest BCUT2D eigenvalue weighted by Gasteiger charge is 2.22. The van der Waals surface area contributed by atoms with Crippen LogP contribution in [0.2, 0.25) is 0 Å². The molecule has 3 rings (SSSR count). The minimum absolute atomic E-state index is 0.272. The number of rotatable bonds is 3. The van der Waals surface area contributed by atoms with E-state index in [0.29, 0.717) is 17.3 Å². The van der Waals surface area contributed by atoms with Gasteiger partial charge in [0.25, 0.3) is 0 Å². The first-order chi connectivity index (χ1) is 9.19. The number of halogens is 2. The molecule has 19 heavy (non-hydrogen) atoms. The van der Waals surface area contributed by atoms with Crippen LogP contribution in [0.4, 0.5) is 4.39 Å². The predicted octanol–water partition coefficient (Wildman–Crippen LogP) is 2.87. The quantitative estimate of drug-likeness (QED) is 0.807. The number of nitrogens with zero attached hydrogens (tertiary/aromatic N) is 3. The number of alkyl halides is 1. The van der Waals surface area contributed by atoms with Crippen LogP contribution in [0.5, 0.6) is 0 Å². The smallest absolute Gasteiger partial charge is 0.151 e. The number of imidazole rings is 1. The molecule has 2 aromatic rings. The largest absolute Gasteiger partial charge is 0.327 e. The summed E-state index contributed by atoms with van der Waals surface area (Å²) in [6.07, 6.45) is 1.17. The van der Waals surface area contributed by atoms with Crippen LogP contribution < -0.4 is 0 Å². The fraction of sp³-hybridized carbons (Fsp3) is 0.500. The average Bonchev–Trinajstić information content (AvgIpc) is 2.96. The molecule has 1 aliphatic heterocycles. The Morgan fingerprint density at radius 1 is 1.47 bits per heavy atom. The Labute approximate surface area is 117 Å². The lowest BCUT2D eigenvalue weighted by Gasteiger charge is -2.14. The van der Waals surface area contributed by atoms with Crippen LogP contribution in [-0.4, -0.2) is 34.6 Å². The van der Waals surface area contributed by atoms with Crippen LogP contribution in [0.25, 0.3) is 11.0 Å². The van der Waals surface area contributed by atoms with Crippen molar-refractivity contribution < 1.29 is 4.39 Å². The molecule has 2 heterocycles. The molecule has 0 spiro atoms. The summed E-state index contributed by atoms with van der Waals surface area (Å²) in [5, 5.41) is 0. The minimum atomic E-state index is -0.272. The maximum Gasteiger partial charge on any atom is 0.151 e. The first-order valence-electron chi connectivity index (χ1n) is 6.57. The van der Waals surface area contributed by atoms with Gasteiger partial charge >= 0.3 is 0 Å². The topological polar surface area (TPSA) is 21.1 Å². The second-order valence-electron chi connectivity index (χ2n) is 5.30. The third-order valence-electron chi connectivity index (χ3n) is 3.86. The summed E-state index contributed by atoms with van der Waals surface area (Å²) in [5.41, 5.74) is 1.29. The summed E-state index contributed by atoms with van der Waals surface area (Å²) in [6.45, 7) is 3.07. The van der Waals surface area contributed by atoms with Crippen molar-refractivity contribution >= 4 is 22.6 Å². The summed E-state index contributed by atoms with van der Waals surface area (Å²) in [6, 6.07) is 5.09. The molecular formula is C14H17ClFN3. The van der Waals surface area contributed by atoms with Gasteiger partial charge in [-0.05, 0) is 38.1 Å². The van der Waals surface area contributed by atoms with Crippen molar-refractivity contribution in [3.63, 3.8) is 0 Å². The highest BCUT2D eigenvalue weighted by Crippen LogP contribution is 2.24. The third-order valence-corrected chi connectivity index (χ3v) is 4.10. The van der Waals surface area contributed by atoms with Crippen molar-refractivity contribution in [2.24, 2.45) is 5.92 Å². The van der Waals surface area contributed by atoms with Crippen molar-refractivity contribution in [3.8, 4) is 0 Å². The first kappa shape index (κ1) is 12.9. The molecule has 1 saturated heterocycles. The lowest BCUT2D eigenvalue weighted by molar-refractivity contribution is 0.378. The second kappa shape index (κ2) is 5.10. The molecule has 0 radical (unpaired) electrons. The maximum atomic E-state index is 13.8. The molecule has 5 heteroatoms. The van der Waals surface area contributed by atoms with E-state index in [9.17, 15) is 4.39 Å². The molecule has 1 fully saturated rings. The van der Waals surface area contributed by atoms with Gasteiger partial charge in [0.15, 0.2) is 5.82 Å². The molecule has 0 aliphatic carbocycles.